The molecule has 216 valence electrons. The normalized spacial score (nSPS) is 11.6. The van der Waals surface area contributed by atoms with Gasteiger partial charge in [0.25, 0.3) is 0 Å². The van der Waals surface area contributed by atoms with Crippen molar-refractivity contribution in [2.45, 2.75) is 32.2 Å². The lowest BCUT2D eigenvalue weighted by molar-refractivity contribution is -0.135. The van der Waals surface area contributed by atoms with Crippen LogP contribution < -0.4 is 16.0 Å². The number of halogens is 1. The van der Waals surface area contributed by atoms with Gasteiger partial charge in [0, 0.05) is 52.9 Å². The predicted octanol–water partition coefficient (Wildman–Crippen LogP) is 2.42. The Labute approximate surface area is 235 Å². The van der Waals surface area contributed by atoms with Crippen LogP contribution in [0.1, 0.15) is 31.7 Å². The molecule has 2 heterocycles. The second kappa shape index (κ2) is 17.5. The van der Waals surface area contributed by atoms with E-state index in [1.54, 1.807) is 39.4 Å². The molecule has 0 bridgehead atoms. The topological polar surface area (TPSA) is 125 Å². The summed E-state index contributed by atoms with van der Waals surface area (Å²) < 4.78 is 18.2. The number of carbonyl (C=O) groups is 2. The molecule has 12 heteroatoms. The first-order valence-electron chi connectivity index (χ1n) is 13.0. The lowest BCUT2D eigenvalue weighted by Crippen LogP contribution is -2.45. The number of nitrogens with one attached hydrogen (secondary N) is 3. The minimum absolute atomic E-state index is 0.222. The van der Waals surface area contributed by atoms with Crippen molar-refractivity contribution in [2.24, 2.45) is 0 Å². The Balaban J connectivity index is 1.90. The minimum atomic E-state index is -0.593. The summed E-state index contributed by atoms with van der Waals surface area (Å²) >= 11 is 0. The van der Waals surface area contributed by atoms with Crippen LogP contribution in [0, 0.1) is 17.8 Å². The highest BCUT2D eigenvalue weighted by Crippen LogP contribution is 2.17. The van der Waals surface area contributed by atoms with Crippen molar-refractivity contribution in [3.63, 3.8) is 0 Å². The van der Waals surface area contributed by atoms with Crippen molar-refractivity contribution in [3.8, 4) is 11.8 Å². The van der Waals surface area contributed by atoms with Crippen LogP contribution in [0.2, 0.25) is 0 Å². The molecule has 11 nitrogen and oxygen atoms in total. The SMILES string of the molecule is COCCCNc1nc(Nc2ccc(F)nc2)ncc1C#CCCCNC(=O)[C@H](C)N(C)C(=O)/C=C/CN(C)C. The third-order valence-corrected chi connectivity index (χ3v) is 5.63. The second-order valence-electron chi connectivity index (χ2n) is 9.21. The van der Waals surface area contributed by atoms with Gasteiger partial charge in [-0.15, -0.1) is 0 Å². The van der Waals surface area contributed by atoms with Crippen molar-refractivity contribution >= 4 is 29.3 Å². The Morgan fingerprint density at radius 2 is 1.95 bits per heavy atom. The van der Waals surface area contributed by atoms with Crippen LogP contribution >= 0.6 is 0 Å². The number of carbonyl (C=O) groups excluding carboxylic acids is 2. The number of amides is 2. The van der Waals surface area contributed by atoms with Crippen LogP contribution in [0.5, 0.6) is 0 Å². The standard InChI is InChI=1S/C28H39FN8O3/c1-21(37(4)25(38)12-9-17-36(2)3)27(39)31-15-8-6-7-11-22-19-33-28(34-23-13-14-24(29)32-20-23)35-26(22)30-16-10-18-40-5/h9,12-14,19-21H,6,8,10,15-18H2,1-5H3,(H,31,39)(H2,30,33,34,35)/b12-9+/t21-/m0/s1. The fourth-order valence-corrected chi connectivity index (χ4v) is 3.21. The van der Waals surface area contributed by atoms with Crippen molar-refractivity contribution in [2.75, 3.05) is 65.1 Å². The molecule has 0 unspecified atom stereocenters. The van der Waals surface area contributed by atoms with Crippen LogP contribution in [0.25, 0.3) is 0 Å². The zero-order valence-electron chi connectivity index (χ0n) is 23.8. The number of methoxy groups -OCH3 is 1. The molecule has 0 aliphatic carbocycles. The van der Waals surface area contributed by atoms with Crippen molar-refractivity contribution in [1.29, 1.82) is 0 Å². The summed E-state index contributed by atoms with van der Waals surface area (Å²) in [7, 11) is 7.08. The van der Waals surface area contributed by atoms with E-state index in [2.05, 4.69) is 42.7 Å². The fourth-order valence-electron chi connectivity index (χ4n) is 3.21. The van der Waals surface area contributed by atoms with E-state index in [1.165, 1.54) is 23.2 Å². The van der Waals surface area contributed by atoms with Gasteiger partial charge in [-0.3, -0.25) is 9.59 Å². The zero-order valence-corrected chi connectivity index (χ0v) is 23.8. The van der Waals surface area contributed by atoms with Crippen molar-refractivity contribution < 1.29 is 18.7 Å². The molecular weight excluding hydrogens is 515 g/mol. The summed E-state index contributed by atoms with van der Waals surface area (Å²) in [5.74, 6) is 6.05. The average molecular weight is 555 g/mol. The van der Waals surface area contributed by atoms with Gasteiger partial charge in [-0.1, -0.05) is 17.9 Å². The average Bonchev–Trinajstić information content (AvgIpc) is 2.93. The van der Waals surface area contributed by atoms with E-state index in [1.807, 2.05) is 19.0 Å². The Bertz CT molecular complexity index is 1180. The van der Waals surface area contributed by atoms with E-state index < -0.39 is 12.0 Å². The van der Waals surface area contributed by atoms with Gasteiger partial charge in [0.2, 0.25) is 23.7 Å². The Hall–Kier alpha value is -4.08. The number of rotatable bonds is 15. The third kappa shape index (κ3) is 11.8. The van der Waals surface area contributed by atoms with Gasteiger partial charge < -0.3 is 30.5 Å². The summed E-state index contributed by atoms with van der Waals surface area (Å²) in [4.78, 5) is 40.5. The van der Waals surface area contributed by atoms with Crippen LogP contribution in [-0.4, -0.2) is 97.1 Å². The van der Waals surface area contributed by atoms with Crippen LogP contribution in [0.4, 0.5) is 21.8 Å². The van der Waals surface area contributed by atoms with E-state index in [-0.39, 0.29) is 11.8 Å². The first-order chi connectivity index (χ1) is 19.2. The van der Waals surface area contributed by atoms with E-state index in [0.29, 0.717) is 62.1 Å². The number of hydrogen-bond donors (Lipinski definition) is 3. The predicted molar refractivity (Wildman–Crippen MR) is 154 cm³/mol. The Kier molecular flexibility index (Phi) is 14.1. The van der Waals surface area contributed by atoms with Gasteiger partial charge >= 0.3 is 0 Å². The second-order valence-corrected chi connectivity index (χ2v) is 9.21. The van der Waals surface area contributed by atoms with E-state index >= 15 is 0 Å². The van der Waals surface area contributed by atoms with Gasteiger partial charge in [-0.05, 0) is 46.0 Å². The first-order valence-corrected chi connectivity index (χ1v) is 13.0. The smallest absolute Gasteiger partial charge is 0.246 e. The van der Waals surface area contributed by atoms with Gasteiger partial charge in [-0.25, -0.2) is 9.97 Å². The molecule has 0 saturated heterocycles. The number of anilines is 3. The van der Waals surface area contributed by atoms with Gasteiger partial charge in [0.05, 0.1) is 23.6 Å². The van der Waals surface area contributed by atoms with Gasteiger partial charge in [-0.2, -0.15) is 9.37 Å². The highest BCUT2D eigenvalue weighted by atomic mass is 19.1. The van der Waals surface area contributed by atoms with Crippen LogP contribution in [0.15, 0.2) is 36.7 Å². The van der Waals surface area contributed by atoms with E-state index in [9.17, 15) is 14.0 Å². The number of hydrogen-bond acceptors (Lipinski definition) is 9. The molecule has 0 aliphatic rings. The molecule has 40 heavy (non-hydrogen) atoms. The molecule has 2 aromatic rings. The Morgan fingerprint density at radius 1 is 1.15 bits per heavy atom. The third-order valence-electron chi connectivity index (χ3n) is 5.63. The summed E-state index contributed by atoms with van der Waals surface area (Å²) in [5.41, 5.74) is 1.18. The number of ether oxygens (including phenoxy) is 1. The molecule has 0 aliphatic heterocycles. The summed E-state index contributed by atoms with van der Waals surface area (Å²) in [6, 6.07) is 2.20. The lowest BCUT2D eigenvalue weighted by atomic mass is 10.2. The zero-order chi connectivity index (χ0) is 29.3. The van der Waals surface area contributed by atoms with Crippen molar-refractivity contribution in [3.05, 3.63) is 48.2 Å². The number of unbranched alkanes of at least 4 members (excludes halogenated alkanes) is 1. The first kappa shape index (κ1) is 32.1. The van der Waals surface area contributed by atoms with Crippen molar-refractivity contribution in [1.82, 2.24) is 30.1 Å². The molecule has 1 atom stereocenters. The maximum Gasteiger partial charge on any atom is 0.246 e. The van der Waals surface area contributed by atoms with Gasteiger partial charge in [0.1, 0.15) is 11.9 Å². The summed E-state index contributed by atoms with van der Waals surface area (Å²) in [5, 5.41) is 9.11. The molecule has 0 fully saturated rings. The highest BCUT2D eigenvalue weighted by Gasteiger charge is 2.20. The molecule has 0 saturated carbocycles. The van der Waals surface area contributed by atoms with E-state index in [0.717, 1.165) is 6.42 Å². The summed E-state index contributed by atoms with van der Waals surface area (Å²) in [6.07, 6.45) is 8.18. The van der Waals surface area contributed by atoms with Gasteiger partial charge in [0.15, 0.2) is 0 Å². The van der Waals surface area contributed by atoms with E-state index in [4.69, 9.17) is 4.74 Å². The molecule has 2 amide bonds. The number of likely N-dealkylation sites (N-methyl/N-ethyl adjacent to an activating group) is 2. The molecule has 0 radical (unpaired) electrons. The Morgan fingerprint density at radius 3 is 2.65 bits per heavy atom. The fraction of sp³-hybridized carbons (Fsp3) is 0.464. The monoisotopic (exact) mass is 554 g/mol. The molecule has 0 spiro atoms. The molecular formula is C28H39FN8O3. The molecule has 0 aromatic carbocycles. The number of nitrogens with zero attached hydrogens (tertiary/aromatic N) is 5. The highest BCUT2D eigenvalue weighted by molar-refractivity contribution is 5.92. The quantitative estimate of drug-likeness (QED) is 0.132. The lowest BCUT2D eigenvalue weighted by Gasteiger charge is -2.23. The molecule has 3 N–H and O–H groups in total. The minimum Gasteiger partial charge on any atom is -0.385 e. The number of aromatic nitrogens is 3. The maximum atomic E-state index is 13.1. The van der Waals surface area contributed by atoms with Crippen LogP contribution in [-0.2, 0) is 14.3 Å². The molecule has 2 aromatic heterocycles. The summed E-state index contributed by atoms with van der Waals surface area (Å²) in [6.45, 7) is 4.01. The number of pyridine rings is 1. The maximum absolute atomic E-state index is 13.1. The largest absolute Gasteiger partial charge is 0.385 e. The van der Waals surface area contributed by atoms with Crippen LogP contribution in [0.3, 0.4) is 0 Å². The molecule has 2 rings (SSSR count).